The molecular weight excluding hydrogens is 553 g/mol. The SMILES string of the molecule is O=S(=O)(c1ccc(F)c(O)c1)N1CCCC(CNc2cc(-c3ccccc3O)nc3c(Br)cnn23)C1. The molecule has 0 bridgehead atoms. The van der Waals surface area contributed by atoms with E-state index in [1.165, 1.54) is 4.31 Å². The Morgan fingerprint density at radius 3 is 2.72 bits per heavy atom. The molecule has 4 aromatic rings. The topological polar surface area (TPSA) is 120 Å². The van der Waals surface area contributed by atoms with Gasteiger partial charge in [0.15, 0.2) is 17.2 Å². The van der Waals surface area contributed by atoms with E-state index in [2.05, 4.69) is 31.3 Å². The molecule has 3 heterocycles. The van der Waals surface area contributed by atoms with Crippen LogP contribution in [0.5, 0.6) is 11.5 Å². The van der Waals surface area contributed by atoms with Gasteiger partial charge >= 0.3 is 0 Å². The van der Waals surface area contributed by atoms with E-state index in [-0.39, 0.29) is 23.1 Å². The molecule has 1 fully saturated rings. The fourth-order valence-corrected chi connectivity index (χ4v) is 6.28. The van der Waals surface area contributed by atoms with Gasteiger partial charge in [-0.15, -0.1) is 0 Å². The summed E-state index contributed by atoms with van der Waals surface area (Å²) in [6.45, 7) is 1.09. The normalized spacial score (nSPS) is 16.9. The molecule has 0 spiro atoms. The van der Waals surface area contributed by atoms with Crippen molar-refractivity contribution in [3.8, 4) is 22.8 Å². The molecule has 36 heavy (non-hydrogen) atoms. The highest BCUT2D eigenvalue weighted by atomic mass is 79.9. The molecule has 1 saturated heterocycles. The molecule has 2 aromatic heterocycles. The minimum absolute atomic E-state index is 0.00151. The summed E-state index contributed by atoms with van der Waals surface area (Å²) in [6.07, 6.45) is 3.12. The summed E-state index contributed by atoms with van der Waals surface area (Å²) in [5, 5.41) is 27.7. The fraction of sp³-hybridized carbons (Fsp3) is 0.250. The van der Waals surface area contributed by atoms with E-state index in [1.807, 2.05) is 6.07 Å². The molecule has 5 rings (SSSR count). The third-order valence-electron chi connectivity index (χ3n) is 6.22. The molecular formula is C24H23BrFN5O4S. The molecule has 0 radical (unpaired) electrons. The number of piperidine rings is 1. The molecule has 1 aliphatic heterocycles. The van der Waals surface area contributed by atoms with Gasteiger partial charge < -0.3 is 15.5 Å². The van der Waals surface area contributed by atoms with E-state index in [0.717, 1.165) is 24.6 Å². The lowest BCUT2D eigenvalue weighted by Gasteiger charge is -2.32. The smallest absolute Gasteiger partial charge is 0.243 e. The number of hydrogen-bond acceptors (Lipinski definition) is 7. The van der Waals surface area contributed by atoms with Crippen molar-refractivity contribution in [1.29, 1.82) is 0 Å². The number of para-hydroxylation sites is 1. The Balaban J connectivity index is 1.37. The van der Waals surface area contributed by atoms with Crippen LogP contribution in [0.3, 0.4) is 0 Å². The number of nitrogens with one attached hydrogen (secondary N) is 1. The lowest BCUT2D eigenvalue weighted by atomic mass is 10.00. The molecule has 188 valence electrons. The average Bonchev–Trinajstić information content (AvgIpc) is 3.25. The van der Waals surface area contributed by atoms with Crippen LogP contribution in [0.25, 0.3) is 16.9 Å². The highest BCUT2D eigenvalue weighted by Crippen LogP contribution is 2.32. The van der Waals surface area contributed by atoms with Crippen molar-refractivity contribution in [1.82, 2.24) is 18.9 Å². The number of rotatable bonds is 6. The first-order valence-corrected chi connectivity index (χ1v) is 13.5. The summed E-state index contributed by atoms with van der Waals surface area (Å²) in [6, 6.07) is 11.8. The summed E-state index contributed by atoms with van der Waals surface area (Å²) in [7, 11) is -3.88. The van der Waals surface area contributed by atoms with Gasteiger partial charge in [-0.2, -0.15) is 13.9 Å². The number of nitrogens with zero attached hydrogens (tertiary/aromatic N) is 4. The summed E-state index contributed by atoms with van der Waals surface area (Å²) < 4.78 is 43.3. The number of aromatic nitrogens is 3. The Labute approximate surface area is 215 Å². The first kappa shape index (κ1) is 24.5. The van der Waals surface area contributed by atoms with Crippen LogP contribution in [0.15, 0.2) is 64.1 Å². The predicted octanol–water partition coefficient (Wildman–Crippen LogP) is 4.22. The largest absolute Gasteiger partial charge is 0.507 e. The van der Waals surface area contributed by atoms with Gasteiger partial charge in [0.25, 0.3) is 0 Å². The van der Waals surface area contributed by atoms with Crippen LogP contribution >= 0.6 is 15.9 Å². The van der Waals surface area contributed by atoms with Crippen molar-refractivity contribution < 1.29 is 23.0 Å². The summed E-state index contributed by atoms with van der Waals surface area (Å²) in [4.78, 5) is 4.49. The molecule has 1 unspecified atom stereocenters. The zero-order valence-electron chi connectivity index (χ0n) is 19.0. The molecule has 0 amide bonds. The van der Waals surface area contributed by atoms with Gasteiger partial charge in [-0.05, 0) is 59.0 Å². The van der Waals surface area contributed by atoms with Crippen molar-refractivity contribution >= 4 is 37.4 Å². The second-order valence-electron chi connectivity index (χ2n) is 8.64. The Morgan fingerprint density at radius 1 is 1.14 bits per heavy atom. The zero-order valence-corrected chi connectivity index (χ0v) is 21.4. The Morgan fingerprint density at radius 2 is 1.94 bits per heavy atom. The van der Waals surface area contributed by atoms with E-state index in [4.69, 9.17) is 0 Å². The summed E-state index contributed by atoms with van der Waals surface area (Å²) in [5.41, 5.74) is 1.71. The molecule has 3 N–H and O–H groups in total. The molecule has 2 aromatic carbocycles. The third kappa shape index (κ3) is 4.63. The van der Waals surface area contributed by atoms with Crippen LogP contribution in [0.2, 0.25) is 0 Å². The minimum atomic E-state index is -3.88. The van der Waals surface area contributed by atoms with Crippen molar-refractivity contribution in [3.63, 3.8) is 0 Å². The Kier molecular flexibility index (Phi) is 6.58. The van der Waals surface area contributed by atoms with Crippen molar-refractivity contribution in [2.45, 2.75) is 17.7 Å². The van der Waals surface area contributed by atoms with Gasteiger partial charge in [0, 0.05) is 37.3 Å². The average molecular weight is 576 g/mol. The summed E-state index contributed by atoms with van der Waals surface area (Å²) >= 11 is 3.46. The maximum atomic E-state index is 13.4. The summed E-state index contributed by atoms with van der Waals surface area (Å²) in [5.74, 6) is -0.813. The van der Waals surface area contributed by atoms with Crippen LogP contribution in [-0.4, -0.2) is 57.2 Å². The molecule has 12 heteroatoms. The number of phenolic OH excluding ortho intramolecular Hbond substituents is 2. The number of benzene rings is 2. The number of halogens is 2. The third-order valence-corrected chi connectivity index (χ3v) is 8.64. The van der Waals surface area contributed by atoms with Gasteiger partial charge in [-0.3, -0.25) is 0 Å². The van der Waals surface area contributed by atoms with Crippen LogP contribution < -0.4 is 5.32 Å². The Hall–Kier alpha value is -3.22. The molecule has 0 aliphatic carbocycles. The van der Waals surface area contributed by atoms with Gasteiger partial charge in [0.1, 0.15) is 11.6 Å². The first-order chi connectivity index (χ1) is 17.2. The van der Waals surface area contributed by atoms with Gasteiger partial charge in [-0.1, -0.05) is 12.1 Å². The molecule has 1 aliphatic rings. The van der Waals surface area contributed by atoms with Gasteiger partial charge in [-0.25, -0.2) is 17.8 Å². The number of fused-ring (bicyclic) bond motifs is 1. The number of phenols is 2. The second-order valence-corrected chi connectivity index (χ2v) is 11.4. The fourth-order valence-electron chi connectivity index (χ4n) is 4.35. The number of hydrogen-bond donors (Lipinski definition) is 3. The number of anilines is 1. The molecule has 0 saturated carbocycles. The van der Waals surface area contributed by atoms with Gasteiger partial charge in [0.2, 0.25) is 10.0 Å². The maximum absolute atomic E-state index is 13.4. The van der Waals surface area contributed by atoms with E-state index in [9.17, 15) is 23.0 Å². The first-order valence-electron chi connectivity index (χ1n) is 11.3. The Bertz CT molecular complexity index is 1550. The molecule has 9 nitrogen and oxygen atoms in total. The zero-order chi connectivity index (χ0) is 25.4. The second kappa shape index (κ2) is 9.68. The molecule has 1 atom stereocenters. The highest BCUT2D eigenvalue weighted by Gasteiger charge is 2.31. The lowest BCUT2D eigenvalue weighted by molar-refractivity contribution is 0.275. The van der Waals surface area contributed by atoms with Crippen molar-refractivity contribution in [2.24, 2.45) is 5.92 Å². The highest BCUT2D eigenvalue weighted by molar-refractivity contribution is 9.10. The van der Waals surface area contributed by atoms with Crippen LogP contribution in [0.1, 0.15) is 12.8 Å². The standard InChI is InChI=1S/C24H23BrFN5O4S/c25-18-13-28-31-23(11-20(29-24(18)31)17-5-1-2-6-21(17)32)27-12-15-4-3-9-30(14-15)36(34,35)16-7-8-19(26)22(33)10-16/h1-2,5-8,10-11,13,15,27,32-33H,3-4,9,12,14H2. The van der Waals surface area contributed by atoms with Crippen LogP contribution in [0, 0.1) is 11.7 Å². The van der Waals surface area contributed by atoms with E-state index >= 15 is 0 Å². The monoisotopic (exact) mass is 575 g/mol. The van der Waals surface area contributed by atoms with E-state index in [0.29, 0.717) is 46.7 Å². The van der Waals surface area contributed by atoms with Crippen molar-refractivity contribution in [3.05, 3.63) is 65.0 Å². The van der Waals surface area contributed by atoms with Crippen LogP contribution in [0.4, 0.5) is 10.2 Å². The minimum Gasteiger partial charge on any atom is -0.507 e. The van der Waals surface area contributed by atoms with Crippen LogP contribution in [-0.2, 0) is 10.0 Å². The van der Waals surface area contributed by atoms with E-state index < -0.39 is 21.6 Å². The quantitative estimate of drug-likeness (QED) is 0.315. The predicted molar refractivity (Wildman–Crippen MR) is 136 cm³/mol. The lowest BCUT2D eigenvalue weighted by Crippen LogP contribution is -2.41. The van der Waals surface area contributed by atoms with E-state index in [1.54, 1.807) is 35.0 Å². The van der Waals surface area contributed by atoms with Gasteiger partial charge in [0.05, 0.1) is 21.3 Å². The number of aromatic hydroxyl groups is 2. The number of sulfonamides is 1. The van der Waals surface area contributed by atoms with Crippen molar-refractivity contribution in [2.75, 3.05) is 25.0 Å². The maximum Gasteiger partial charge on any atom is 0.243 e.